The van der Waals surface area contributed by atoms with Gasteiger partial charge in [0.15, 0.2) is 0 Å². The maximum atomic E-state index is 14.3. The summed E-state index contributed by atoms with van der Waals surface area (Å²) in [6.45, 7) is 12.5. The highest BCUT2D eigenvalue weighted by Gasteiger charge is 2.36. The van der Waals surface area contributed by atoms with Crippen molar-refractivity contribution < 1.29 is 23.7 Å². The third-order valence-corrected chi connectivity index (χ3v) is 11.5. The number of rotatable bonds is 13. The van der Waals surface area contributed by atoms with Crippen LogP contribution >= 0.6 is 23.2 Å². The number of hydrogen-bond acceptors (Lipinski definition) is 6. The van der Waals surface area contributed by atoms with Crippen LogP contribution in [0.1, 0.15) is 44.4 Å². The molecule has 4 heterocycles. The van der Waals surface area contributed by atoms with E-state index in [1.807, 2.05) is 54.4 Å². The number of amides is 1. The van der Waals surface area contributed by atoms with E-state index in [0.29, 0.717) is 67.6 Å². The Labute approximate surface area is 287 Å². The number of fused-ring (bicyclic) bond motifs is 2. The van der Waals surface area contributed by atoms with Crippen LogP contribution in [0.2, 0.25) is 35.7 Å². The molecule has 47 heavy (non-hydrogen) atoms. The van der Waals surface area contributed by atoms with Gasteiger partial charge in [-0.1, -0.05) is 73.2 Å². The molecule has 0 saturated carbocycles. The summed E-state index contributed by atoms with van der Waals surface area (Å²) in [7, 11) is 0.440. The first-order valence-corrected chi connectivity index (χ1v) is 20.7. The molecule has 2 aliphatic rings. The molecular weight excluding hydrogens is 653 g/mol. The maximum absolute atomic E-state index is 14.3. The van der Waals surface area contributed by atoms with Gasteiger partial charge in [-0.25, -0.2) is 4.98 Å². The zero-order valence-corrected chi connectivity index (χ0v) is 30.3. The highest BCUT2D eigenvalue weighted by atomic mass is 35.5. The number of nitrogens with zero attached hydrogens (tertiary/aromatic N) is 3. The molecule has 1 unspecified atom stereocenters. The molecule has 2 aromatic heterocycles. The van der Waals surface area contributed by atoms with E-state index < -0.39 is 8.07 Å². The van der Waals surface area contributed by atoms with Crippen LogP contribution in [0.5, 0.6) is 5.88 Å². The van der Waals surface area contributed by atoms with Crippen LogP contribution in [0.15, 0.2) is 48.7 Å². The molecule has 1 amide bonds. The molecule has 0 N–H and O–H groups in total. The highest BCUT2D eigenvalue weighted by molar-refractivity contribution is 6.76. The van der Waals surface area contributed by atoms with Gasteiger partial charge in [-0.3, -0.25) is 4.79 Å². The number of carbonyl (C=O) groups is 1. The average Bonchev–Trinajstić information content (AvgIpc) is 3.45. The van der Waals surface area contributed by atoms with Gasteiger partial charge in [-0.05, 0) is 42.6 Å². The molecule has 250 valence electrons. The highest BCUT2D eigenvalue weighted by Crippen LogP contribution is 2.42. The second-order valence-corrected chi connectivity index (χ2v) is 20.1. The zero-order chi connectivity index (χ0) is 33.3. The summed E-state index contributed by atoms with van der Waals surface area (Å²) < 4.78 is 25.9. The molecule has 2 aromatic carbocycles. The minimum atomic E-state index is -1.21. The van der Waals surface area contributed by atoms with Crippen molar-refractivity contribution in [3.05, 3.63) is 92.2 Å². The Bertz CT molecular complexity index is 1750. The van der Waals surface area contributed by atoms with Gasteiger partial charge in [0.1, 0.15) is 13.3 Å². The molecule has 1 atom stereocenters. The standard InChI is InChI=1S/C36H43Cl2N3O5Si/c1-23-33-26(11-14-41(33)22-44-15-16-47(3,4)5)29(35(39-23)46-19-24-9-7-6-8-10-24)18-40-13-12-27-30(37)17-28(32(38)31(27)36(40)42)34(43-2)25-20-45-21-25/h6-11,14,17,25,34H,12-13,15-16,18-22H2,1-5H3. The zero-order valence-electron chi connectivity index (χ0n) is 27.8. The Morgan fingerprint density at radius 2 is 1.89 bits per heavy atom. The van der Waals surface area contributed by atoms with Gasteiger partial charge in [0.25, 0.3) is 5.91 Å². The predicted octanol–water partition coefficient (Wildman–Crippen LogP) is 8.08. The molecule has 0 bridgehead atoms. The smallest absolute Gasteiger partial charge is 0.256 e. The predicted molar refractivity (Wildman–Crippen MR) is 188 cm³/mol. The third-order valence-electron chi connectivity index (χ3n) is 9.08. The van der Waals surface area contributed by atoms with Gasteiger partial charge in [-0.15, -0.1) is 0 Å². The lowest BCUT2D eigenvalue weighted by molar-refractivity contribution is -0.105. The van der Waals surface area contributed by atoms with Crippen molar-refractivity contribution in [3.63, 3.8) is 0 Å². The van der Waals surface area contributed by atoms with Crippen molar-refractivity contribution in [2.24, 2.45) is 5.92 Å². The lowest BCUT2D eigenvalue weighted by atomic mass is 9.89. The van der Waals surface area contributed by atoms with E-state index in [1.165, 1.54) is 0 Å². The molecule has 8 nitrogen and oxygen atoms in total. The number of halogens is 2. The first kappa shape index (κ1) is 34.0. The molecule has 11 heteroatoms. The van der Waals surface area contributed by atoms with Crippen molar-refractivity contribution in [1.29, 1.82) is 0 Å². The summed E-state index contributed by atoms with van der Waals surface area (Å²) in [6.07, 6.45) is 2.30. The molecule has 0 spiro atoms. The van der Waals surface area contributed by atoms with E-state index in [-0.39, 0.29) is 17.9 Å². The monoisotopic (exact) mass is 695 g/mol. The number of pyridine rings is 1. The van der Waals surface area contributed by atoms with Crippen molar-refractivity contribution in [2.75, 3.05) is 33.5 Å². The van der Waals surface area contributed by atoms with E-state index in [2.05, 4.69) is 30.3 Å². The Kier molecular flexibility index (Phi) is 10.3. The van der Waals surface area contributed by atoms with Gasteiger partial charge in [0.05, 0.1) is 47.7 Å². The molecule has 1 fully saturated rings. The lowest BCUT2D eigenvalue weighted by Gasteiger charge is -2.35. The number of methoxy groups -OCH3 is 1. The van der Waals surface area contributed by atoms with Gasteiger partial charge in [-0.2, -0.15) is 0 Å². The van der Waals surface area contributed by atoms with Crippen molar-refractivity contribution in [1.82, 2.24) is 14.5 Å². The van der Waals surface area contributed by atoms with E-state index in [1.54, 1.807) is 7.11 Å². The first-order chi connectivity index (χ1) is 22.6. The van der Waals surface area contributed by atoms with Crippen molar-refractivity contribution >= 4 is 48.1 Å². The summed E-state index contributed by atoms with van der Waals surface area (Å²) in [5.41, 5.74) is 5.63. The van der Waals surface area contributed by atoms with Crippen LogP contribution in [0.3, 0.4) is 0 Å². The van der Waals surface area contributed by atoms with Crippen molar-refractivity contribution in [3.8, 4) is 5.88 Å². The van der Waals surface area contributed by atoms with Gasteiger partial charge in [0, 0.05) is 62.0 Å². The van der Waals surface area contributed by atoms with Gasteiger partial charge < -0.3 is 28.4 Å². The molecular formula is C36H43Cl2N3O5Si. The Hall–Kier alpha value is -2.92. The summed E-state index contributed by atoms with van der Waals surface area (Å²) in [5.74, 6) is 0.495. The Balaban J connectivity index is 1.34. The summed E-state index contributed by atoms with van der Waals surface area (Å²) in [5, 5.41) is 1.91. The van der Waals surface area contributed by atoms with Crippen LogP contribution in [0.25, 0.3) is 10.9 Å². The normalized spacial score (nSPS) is 16.0. The Morgan fingerprint density at radius 3 is 2.57 bits per heavy atom. The van der Waals surface area contributed by atoms with E-state index in [0.717, 1.165) is 51.5 Å². The SMILES string of the molecule is COC(c1cc(Cl)c2c(c1Cl)C(=O)N(Cc1c(OCc3ccccc3)nc(C)c3c1ccn3COCC[Si](C)(C)C)CC2)C1COC1. The topological polar surface area (TPSA) is 75.0 Å². The first-order valence-electron chi connectivity index (χ1n) is 16.2. The van der Waals surface area contributed by atoms with Crippen molar-refractivity contribution in [2.45, 2.75) is 65.0 Å². The van der Waals surface area contributed by atoms with E-state index in [4.69, 9.17) is 47.1 Å². The van der Waals surface area contributed by atoms with Crippen LogP contribution in [0.4, 0.5) is 0 Å². The minimum absolute atomic E-state index is 0.154. The number of aromatic nitrogens is 2. The fourth-order valence-corrected chi connectivity index (χ4v) is 7.78. The van der Waals surface area contributed by atoms with Crippen LogP contribution in [0, 0.1) is 12.8 Å². The molecule has 1 saturated heterocycles. The fraction of sp³-hybridized carbons (Fsp3) is 0.444. The van der Waals surface area contributed by atoms with E-state index >= 15 is 0 Å². The average molecular weight is 697 g/mol. The summed E-state index contributed by atoms with van der Waals surface area (Å²) >= 11 is 13.8. The Morgan fingerprint density at radius 1 is 1.13 bits per heavy atom. The number of benzene rings is 2. The summed E-state index contributed by atoms with van der Waals surface area (Å²) in [4.78, 5) is 21.1. The second-order valence-electron chi connectivity index (χ2n) is 13.7. The second kappa shape index (κ2) is 14.3. The molecule has 4 aromatic rings. The lowest BCUT2D eigenvalue weighted by Crippen LogP contribution is -2.38. The van der Waals surface area contributed by atoms with Gasteiger partial charge in [0.2, 0.25) is 5.88 Å². The molecule has 6 rings (SSSR count). The molecule has 0 radical (unpaired) electrons. The number of aryl methyl sites for hydroxylation is 1. The minimum Gasteiger partial charge on any atom is -0.473 e. The van der Waals surface area contributed by atoms with Crippen LogP contribution in [-0.4, -0.2) is 61.9 Å². The summed E-state index contributed by atoms with van der Waals surface area (Å²) in [6, 6.07) is 15.0. The van der Waals surface area contributed by atoms with E-state index in [9.17, 15) is 4.79 Å². The molecule has 2 aliphatic heterocycles. The number of carbonyl (C=O) groups excluding carboxylic acids is 1. The fourth-order valence-electron chi connectivity index (χ4n) is 6.36. The third kappa shape index (κ3) is 7.26. The van der Waals surface area contributed by atoms with Crippen LogP contribution in [-0.2, 0) is 40.5 Å². The van der Waals surface area contributed by atoms with Gasteiger partial charge >= 0.3 is 0 Å². The largest absolute Gasteiger partial charge is 0.473 e. The maximum Gasteiger partial charge on any atom is 0.256 e. The molecule has 0 aliphatic carbocycles. The quantitative estimate of drug-likeness (QED) is 0.104. The number of hydrogen-bond donors (Lipinski definition) is 0. The number of ether oxygens (including phenoxy) is 4. The van der Waals surface area contributed by atoms with Crippen LogP contribution < -0.4 is 4.74 Å².